The molecule has 0 bridgehead atoms. The largest absolute Gasteiger partial charge is 0.464 e. The van der Waals surface area contributed by atoms with Crippen LogP contribution < -0.4 is 5.73 Å². The predicted molar refractivity (Wildman–Crippen MR) is 151 cm³/mol. The van der Waals surface area contributed by atoms with E-state index in [1.165, 1.54) is 95.6 Å². The van der Waals surface area contributed by atoms with Crippen LogP contribution in [0.2, 0.25) is 0 Å². The van der Waals surface area contributed by atoms with Crippen molar-refractivity contribution in [2.75, 3.05) is 19.8 Å². The number of unbranched alkanes of at least 4 members (excludes halogenated alkanes) is 13. The van der Waals surface area contributed by atoms with E-state index in [1.54, 1.807) is 19.1 Å². The summed E-state index contributed by atoms with van der Waals surface area (Å²) in [7, 11) is -4.02. The SMILES string of the molecule is CCCCCCCCCCCCCCCCOCCCOC(=O)C(C)N.Cc1ccc(S(=O)(=O)O)cc1. The van der Waals surface area contributed by atoms with Crippen molar-refractivity contribution in [1.29, 1.82) is 0 Å². The molecule has 1 aromatic carbocycles. The molecule has 37 heavy (non-hydrogen) atoms. The highest BCUT2D eigenvalue weighted by Gasteiger charge is 2.08. The molecule has 0 heterocycles. The van der Waals surface area contributed by atoms with Crippen molar-refractivity contribution in [3.8, 4) is 0 Å². The number of aryl methyl sites for hydroxylation is 1. The molecule has 0 aromatic heterocycles. The van der Waals surface area contributed by atoms with Crippen molar-refractivity contribution in [1.82, 2.24) is 0 Å². The van der Waals surface area contributed by atoms with Gasteiger partial charge in [0.25, 0.3) is 10.1 Å². The lowest BCUT2D eigenvalue weighted by molar-refractivity contribution is -0.145. The summed E-state index contributed by atoms with van der Waals surface area (Å²) in [6, 6.07) is 5.45. The van der Waals surface area contributed by atoms with E-state index >= 15 is 0 Å². The van der Waals surface area contributed by atoms with Crippen LogP contribution in [0.1, 0.15) is 116 Å². The second kappa shape index (κ2) is 23.6. The minimum Gasteiger partial charge on any atom is -0.464 e. The Morgan fingerprint density at radius 2 is 1.22 bits per heavy atom. The van der Waals surface area contributed by atoms with E-state index in [-0.39, 0.29) is 10.9 Å². The van der Waals surface area contributed by atoms with E-state index < -0.39 is 16.2 Å². The quantitative estimate of drug-likeness (QED) is 0.0973. The minimum atomic E-state index is -4.02. The molecule has 0 radical (unpaired) electrons. The molecule has 1 atom stereocenters. The topological polar surface area (TPSA) is 116 Å². The fourth-order valence-corrected chi connectivity index (χ4v) is 4.16. The van der Waals surface area contributed by atoms with Crippen LogP contribution in [0.3, 0.4) is 0 Å². The van der Waals surface area contributed by atoms with Crippen molar-refractivity contribution in [3.63, 3.8) is 0 Å². The third-order valence-corrected chi connectivity index (χ3v) is 6.88. The first kappa shape index (κ1) is 35.5. The molecular formula is C29H53NO6S. The third kappa shape index (κ3) is 23.4. The Kier molecular flexibility index (Phi) is 22.7. The molecule has 7 nitrogen and oxygen atoms in total. The second-order valence-electron chi connectivity index (χ2n) is 9.81. The lowest BCUT2D eigenvalue weighted by Gasteiger charge is -2.07. The molecular weight excluding hydrogens is 490 g/mol. The van der Waals surface area contributed by atoms with Crippen molar-refractivity contribution < 1.29 is 27.2 Å². The molecule has 1 unspecified atom stereocenters. The van der Waals surface area contributed by atoms with Crippen LogP contribution in [0.25, 0.3) is 0 Å². The lowest BCUT2D eigenvalue weighted by Crippen LogP contribution is -2.29. The van der Waals surface area contributed by atoms with Gasteiger partial charge < -0.3 is 15.2 Å². The van der Waals surface area contributed by atoms with Crippen LogP contribution in [0.15, 0.2) is 29.2 Å². The van der Waals surface area contributed by atoms with Gasteiger partial charge >= 0.3 is 5.97 Å². The Morgan fingerprint density at radius 3 is 1.65 bits per heavy atom. The number of hydrogen-bond donors (Lipinski definition) is 2. The molecule has 0 fully saturated rings. The number of hydrogen-bond acceptors (Lipinski definition) is 6. The molecule has 0 aliphatic carbocycles. The van der Waals surface area contributed by atoms with E-state index in [0.29, 0.717) is 13.2 Å². The van der Waals surface area contributed by atoms with Gasteiger partial charge in [0, 0.05) is 19.6 Å². The number of nitrogens with two attached hydrogens (primary N) is 1. The number of carbonyl (C=O) groups is 1. The van der Waals surface area contributed by atoms with Gasteiger partial charge in [0.2, 0.25) is 0 Å². The standard InChI is InChI=1S/C22H45NO3.C7H8O3S/c1-3-4-5-6-7-8-9-10-11-12-13-14-15-16-18-25-19-17-20-26-22(24)21(2)23;1-6-2-4-7(5-3-6)11(8,9)10/h21H,3-20,23H2,1-2H3;2-5H,1H3,(H,8,9,10). The summed E-state index contributed by atoms with van der Waals surface area (Å²) in [6.45, 7) is 7.63. The van der Waals surface area contributed by atoms with Crippen LogP contribution in [0, 0.1) is 6.92 Å². The molecule has 0 saturated heterocycles. The summed E-state index contributed by atoms with van der Waals surface area (Å²) < 4.78 is 40.1. The van der Waals surface area contributed by atoms with Crippen LogP contribution in [0.4, 0.5) is 0 Å². The van der Waals surface area contributed by atoms with E-state index in [0.717, 1.165) is 25.0 Å². The van der Waals surface area contributed by atoms with Gasteiger partial charge in [0.15, 0.2) is 0 Å². The first-order valence-corrected chi connectivity index (χ1v) is 15.7. The smallest absolute Gasteiger partial charge is 0.322 e. The van der Waals surface area contributed by atoms with Crippen molar-refractivity contribution in [2.24, 2.45) is 5.73 Å². The highest BCUT2D eigenvalue weighted by molar-refractivity contribution is 7.85. The summed E-state index contributed by atoms with van der Waals surface area (Å²) in [5.74, 6) is -0.336. The van der Waals surface area contributed by atoms with E-state index in [1.807, 2.05) is 6.92 Å². The zero-order valence-corrected chi connectivity index (χ0v) is 24.4. The summed E-state index contributed by atoms with van der Waals surface area (Å²) in [5, 5.41) is 0. The molecule has 0 spiro atoms. The van der Waals surface area contributed by atoms with Crippen LogP contribution in [-0.2, 0) is 24.4 Å². The van der Waals surface area contributed by atoms with Gasteiger partial charge in [-0.3, -0.25) is 9.35 Å². The van der Waals surface area contributed by atoms with Gasteiger partial charge in [-0.1, -0.05) is 108 Å². The van der Waals surface area contributed by atoms with E-state index in [2.05, 4.69) is 6.92 Å². The van der Waals surface area contributed by atoms with Gasteiger partial charge in [0.05, 0.1) is 11.5 Å². The summed E-state index contributed by atoms with van der Waals surface area (Å²) in [4.78, 5) is 11.1. The number of carbonyl (C=O) groups excluding carboxylic acids is 1. The molecule has 0 amide bonds. The Hall–Kier alpha value is -1.48. The summed E-state index contributed by atoms with van der Waals surface area (Å²) in [6.07, 6.45) is 20.0. The fourth-order valence-electron chi connectivity index (χ4n) is 3.68. The molecule has 0 saturated carbocycles. The van der Waals surface area contributed by atoms with Gasteiger partial charge in [-0.05, 0) is 32.4 Å². The van der Waals surface area contributed by atoms with Gasteiger partial charge in [-0.2, -0.15) is 8.42 Å². The first-order valence-electron chi connectivity index (χ1n) is 14.2. The fraction of sp³-hybridized carbons (Fsp3) is 0.759. The Balaban J connectivity index is 0.000000970. The molecule has 1 aromatic rings. The average Bonchev–Trinajstić information content (AvgIpc) is 2.85. The molecule has 3 N–H and O–H groups in total. The molecule has 0 aliphatic rings. The monoisotopic (exact) mass is 543 g/mol. The van der Waals surface area contributed by atoms with Crippen LogP contribution in [0.5, 0.6) is 0 Å². The zero-order chi connectivity index (χ0) is 27.8. The van der Waals surface area contributed by atoms with Gasteiger partial charge in [-0.15, -0.1) is 0 Å². The average molecular weight is 544 g/mol. The minimum absolute atomic E-state index is 0.0666. The van der Waals surface area contributed by atoms with Gasteiger partial charge in [-0.25, -0.2) is 0 Å². The molecule has 0 aliphatic heterocycles. The normalized spacial score (nSPS) is 12.0. The Morgan fingerprint density at radius 1 is 0.784 bits per heavy atom. The maximum atomic E-state index is 11.1. The number of esters is 1. The van der Waals surface area contributed by atoms with Crippen molar-refractivity contribution in [3.05, 3.63) is 29.8 Å². The van der Waals surface area contributed by atoms with Crippen LogP contribution in [-0.4, -0.2) is 44.8 Å². The number of ether oxygens (including phenoxy) is 2. The lowest BCUT2D eigenvalue weighted by atomic mass is 10.0. The van der Waals surface area contributed by atoms with Crippen molar-refractivity contribution >= 4 is 16.1 Å². The van der Waals surface area contributed by atoms with Crippen LogP contribution >= 0.6 is 0 Å². The number of benzene rings is 1. The first-order chi connectivity index (χ1) is 17.7. The molecule has 8 heteroatoms. The third-order valence-electron chi connectivity index (χ3n) is 6.01. The van der Waals surface area contributed by atoms with Crippen molar-refractivity contribution in [2.45, 2.75) is 128 Å². The van der Waals surface area contributed by atoms with E-state index in [4.69, 9.17) is 19.8 Å². The maximum absolute atomic E-state index is 11.1. The van der Waals surface area contributed by atoms with Gasteiger partial charge in [0.1, 0.15) is 6.04 Å². The molecule has 1 rings (SSSR count). The summed E-state index contributed by atoms with van der Waals surface area (Å²) >= 11 is 0. The highest BCUT2D eigenvalue weighted by atomic mass is 32.2. The Labute approximate surface area is 226 Å². The predicted octanol–water partition coefficient (Wildman–Crippen LogP) is 7.01. The zero-order valence-electron chi connectivity index (χ0n) is 23.6. The highest BCUT2D eigenvalue weighted by Crippen LogP contribution is 2.13. The number of rotatable bonds is 21. The summed E-state index contributed by atoms with van der Waals surface area (Å²) in [5.41, 5.74) is 6.37. The maximum Gasteiger partial charge on any atom is 0.322 e. The second-order valence-corrected chi connectivity index (χ2v) is 11.2. The van der Waals surface area contributed by atoms with E-state index in [9.17, 15) is 13.2 Å². The Bertz CT molecular complexity index is 765. The molecule has 216 valence electrons.